The van der Waals surface area contributed by atoms with Crippen molar-refractivity contribution in [3.05, 3.63) is 28.5 Å². The number of rotatable bonds is 2. The normalized spacial score (nSPS) is 26.4. The Balaban J connectivity index is 1.37. The van der Waals surface area contributed by atoms with Crippen molar-refractivity contribution in [1.82, 2.24) is 15.1 Å². The number of fused-ring (bicyclic) bond motifs is 5. The lowest BCUT2D eigenvalue weighted by Gasteiger charge is -2.42. The Bertz CT molecular complexity index is 997. The first-order valence-corrected chi connectivity index (χ1v) is 11.8. The van der Waals surface area contributed by atoms with E-state index in [4.69, 9.17) is 16.0 Å². The Labute approximate surface area is 181 Å². The third-order valence-electron chi connectivity index (χ3n) is 7.64. The first kappa shape index (κ1) is 19.0. The number of hydrogen-bond donors (Lipinski definition) is 2. The number of carbonyl (C=O) groups excluding carboxylic acids is 1. The van der Waals surface area contributed by atoms with Gasteiger partial charge in [0, 0.05) is 36.6 Å². The minimum atomic E-state index is -0.371. The van der Waals surface area contributed by atoms with Gasteiger partial charge in [0.05, 0.1) is 22.8 Å². The highest BCUT2D eigenvalue weighted by Crippen LogP contribution is 2.49. The van der Waals surface area contributed by atoms with Gasteiger partial charge in [-0.3, -0.25) is 9.80 Å². The zero-order valence-corrected chi connectivity index (χ0v) is 18.1. The quantitative estimate of drug-likeness (QED) is 0.730. The zero-order chi connectivity index (χ0) is 20.3. The van der Waals surface area contributed by atoms with Crippen LogP contribution < -0.4 is 10.6 Å². The summed E-state index contributed by atoms with van der Waals surface area (Å²) in [6.07, 6.45) is 7.92. The molecule has 2 amide bonds. The van der Waals surface area contributed by atoms with Crippen molar-refractivity contribution in [1.29, 1.82) is 0 Å². The van der Waals surface area contributed by atoms with Crippen molar-refractivity contribution in [3.63, 3.8) is 0 Å². The van der Waals surface area contributed by atoms with Crippen LogP contribution in [-0.2, 0) is 12.1 Å². The number of piperazine rings is 1. The van der Waals surface area contributed by atoms with Crippen LogP contribution in [0.5, 0.6) is 0 Å². The van der Waals surface area contributed by atoms with Crippen molar-refractivity contribution >= 4 is 34.3 Å². The van der Waals surface area contributed by atoms with Crippen LogP contribution in [0, 0.1) is 0 Å². The van der Waals surface area contributed by atoms with Gasteiger partial charge in [0.15, 0.2) is 0 Å². The number of urea groups is 1. The van der Waals surface area contributed by atoms with Gasteiger partial charge in [0.25, 0.3) is 0 Å². The molecule has 1 aromatic carbocycles. The molecule has 1 spiro atoms. The topological polar surface area (TPSA) is 60.8 Å². The fraction of sp³-hybridized carbons (Fsp3) is 0.609. The first-order valence-electron chi connectivity index (χ1n) is 11.4. The molecule has 6 rings (SSSR count). The summed E-state index contributed by atoms with van der Waals surface area (Å²) in [6.45, 7) is 5.46. The van der Waals surface area contributed by atoms with Gasteiger partial charge in [0.2, 0.25) is 0 Å². The molecule has 1 aromatic heterocycles. The van der Waals surface area contributed by atoms with Crippen LogP contribution in [-0.4, -0.2) is 48.1 Å². The van der Waals surface area contributed by atoms with Crippen molar-refractivity contribution < 1.29 is 9.21 Å². The molecule has 0 bridgehead atoms. The second-order valence-electron chi connectivity index (χ2n) is 9.53. The van der Waals surface area contributed by atoms with Gasteiger partial charge in [-0.05, 0) is 44.4 Å². The minimum absolute atomic E-state index is 0.160. The number of amides is 2. The fourth-order valence-corrected chi connectivity index (χ4v) is 6.49. The summed E-state index contributed by atoms with van der Waals surface area (Å²) >= 11 is 6.65. The summed E-state index contributed by atoms with van der Waals surface area (Å²) in [7, 11) is 0. The highest BCUT2D eigenvalue weighted by molar-refractivity contribution is 6.35. The average molecular weight is 429 g/mol. The van der Waals surface area contributed by atoms with E-state index in [9.17, 15) is 4.79 Å². The zero-order valence-electron chi connectivity index (χ0n) is 17.3. The number of benzene rings is 1. The molecule has 1 saturated carbocycles. The Kier molecular flexibility index (Phi) is 4.52. The molecule has 6 nitrogen and oxygen atoms in total. The van der Waals surface area contributed by atoms with Crippen LogP contribution in [0.1, 0.15) is 56.3 Å². The summed E-state index contributed by atoms with van der Waals surface area (Å²) in [5.74, 6) is 0.990. The second kappa shape index (κ2) is 7.14. The van der Waals surface area contributed by atoms with E-state index in [-0.39, 0.29) is 11.6 Å². The molecule has 4 aliphatic rings. The van der Waals surface area contributed by atoms with E-state index in [0.717, 1.165) is 79.8 Å². The van der Waals surface area contributed by atoms with Gasteiger partial charge in [-0.25, -0.2) is 4.79 Å². The molecular weight excluding hydrogens is 400 g/mol. The van der Waals surface area contributed by atoms with Crippen LogP contribution in [0.15, 0.2) is 16.5 Å². The van der Waals surface area contributed by atoms with Crippen LogP contribution in [0.3, 0.4) is 0 Å². The van der Waals surface area contributed by atoms with Crippen LogP contribution in [0.4, 0.5) is 10.5 Å². The molecule has 0 radical (unpaired) electrons. The molecule has 3 fully saturated rings. The van der Waals surface area contributed by atoms with Crippen molar-refractivity contribution in [2.45, 2.75) is 63.1 Å². The fourth-order valence-electron chi connectivity index (χ4n) is 6.23. The summed E-state index contributed by atoms with van der Waals surface area (Å²) < 4.78 is 6.49. The smallest absolute Gasteiger partial charge is 0.319 e. The highest BCUT2D eigenvalue weighted by atomic mass is 35.5. The van der Waals surface area contributed by atoms with Crippen molar-refractivity contribution in [2.75, 3.05) is 31.5 Å². The maximum Gasteiger partial charge on any atom is 0.319 e. The Morgan fingerprint density at radius 1 is 1.13 bits per heavy atom. The molecule has 7 heteroatoms. The van der Waals surface area contributed by atoms with Gasteiger partial charge in [0.1, 0.15) is 11.3 Å². The maximum absolute atomic E-state index is 12.4. The number of anilines is 1. The maximum atomic E-state index is 12.4. The predicted molar refractivity (Wildman–Crippen MR) is 118 cm³/mol. The van der Waals surface area contributed by atoms with E-state index < -0.39 is 0 Å². The monoisotopic (exact) mass is 428 g/mol. The van der Waals surface area contributed by atoms with Gasteiger partial charge in [-0.15, -0.1) is 0 Å². The molecule has 160 valence electrons. The number of nitrogens with zero attached hydrogens (tertiary/aromatic N) is 2. The average Bonchev–Trinajstić information content (AvgIpc) is 3.34. The minimum Gasteiger partial charge on any atom is -0.459 e. The number of carbonyl (C=O) groups is 1. The van der Waals surface area contributed by atoms with E-state index in [2.05, 4.69) is 26.5 Å². The lowest BCUT2D eigenvalue weighted by atomic mass is 9.74. The highest BCUT2D eigenvalue weighted by Gasteiger charge is 2.43. The van der Waals surface area contributed by atoms with Gasteiger partial charge in [-0.2, -0.15) is 0 Å². The van der Waals surface area contributed by atoms with E-state index in [0.29, 0.717) is 11.1 Å². The Morgan fingerprint density at radius 2 is 2.00 bits per heavy atom. The molecule has 3 aliphatic heterocycles. The van der Waals surface area contributed by atoms with Crippen LogP contribution >= 0.6 is 11.6 Å². The SMILES string of the molecule is O=C1Nc2c(Cl)cc3cc(CN4CCN5CCCC5C4)oc3c2C2(CCCCC2)N1. The number of halogens is 1. The van der Waals surface area contributed by atoms with Crippen LogP contribution in [0.25, 0.3) is 11.0 Å². The van der Waals surface area contributed by atoms with E-state index in [1.54, 1.807) is 0 Å². The lowest BCUT2D eigenvalue weighted by molar-refractivity contribution is 0.0945. The predicted octanol–water partition coefficient (Wildman–Crippen LogP) is 4.66. The first-order chi connectivity index (χ1) is 14.6. The molecule has 2 N–H and O–H groups in total. The third-order valence-corrected chi connectivity index (χ3v) is 7.94. The second-order valence-corrected chi connectivity index (χ2v) is 9.94. The molecule has 1 aliphatic carbocycles. The number of furan rings is 1. The van der Waals surface area contributed by atoms with Crippen molar-refractivity contribution in [2.24, 2.45) is 0 Å². The Hall–Kier alpha value is -1.76. The van der Waals surface area contributed by atoms with Crippen molar-refractivity contribution in [3.8, 4) is 0 Å². The largest absolute Gasteiger partial charge is 0.459 e. The molecule has 30 heavy (non-hydrogen) atoms. The van der Waals surface area contributed by atoms with E-state index in [1.807, 2.05) is 6.07 Å². The van der Waals surface area contributed by atoms with E-state index in [1.165, 1.54) is 25.8 Å². The standard InChI is InChI=1S/C23H29ClN4O2/c24-18-12-15-11-17(14-27-9-10-28-8-4-5-16(28)13-27)30-21(15)19-20(18)25-22(29)26-23(19)6-2-1-3-7-23/h11-12,16H,1-10,13-14H2,(H2,25,26,29). The van der Waals surface area contributed by atoms with E-state index >= 15 is 0 Å². The molecule has 1 atom stereocenters. The third kappa shape index (κ3) is 3.03. The molecule has 4 heterocycles. The lowest BCUT2D eigenvalue weighted by Crippen LogP contribution is -2.52. The molecule has 2 saturated heterocycles. The molecular formula is C23H29ClN4O2. The Morgan fingerprint density at radius 3 is 2.87 bits per heavy atom. The van der Waals surface area contributed by atoms with Gasteiger partial charge in [-0.1, -0.05) is 30.9 Å². The summed E-state index contributed by atoms with van der Waals surface area (Å²) in [6, 6.07) is 4.64. The molecule has 1 unspecified atom stereocenters. The number of hydrogen-bond acceptors (Lipinski definition) is 4. The number of nitrogens with one attached hydrogen (secondary N) is 2. The van der Waals surface area contributed by atoms with Gasteiger partial charge >= 0.3 is 6.03 Å². The molecule has 2 aromatic rings. The van der Waals surface area contributed by atoms with Gasteiger partial charge < -0.3 is 15.1 Å². The summed E-state index contributed by atoms with van der Waals surface area (Å²) in [5, 5.41) is 7.83. The summed E-state index contributed by atoms with van der Waals surface area (Å²) in [5.41, 5.74) is 2.30. The van der Waals surface area contributed by atoms with Crippen LogP contribution in [0.2, 0.25) is 5.02 Å². The summed E-state index contributed by atoms with van der Waals surface area (Å²) in [4.78, 5) is 17.6.